The maximum atomic E-state index is 13.6. The SMILES string of the molecule is C.C.C[C@@H]1COCCN1c1cc(Cl)nc(-c2ccnc3[nH]ccc23)n1.Cc1ccc(S(=O)(=O)n2ccc3c(-c4nc(Cl)cc(N5CCOC[C@H]5C)n4)ccnc32)cc1.Cc1nc(F)ccc1-c1cc(N2CCOC[C@H]2C)nc(-c2ccnc3[nH]ccc23)n1.[CH3-].[W]. The van der Waals surface area contributed by atoms with Crippen molar-refractivity contribution in [1.82, 2.24) is 63.8 Å². The molecule has 0 spiro atoms. The van der Waals surface area contributed by atoms with E-state index < -0.39 is 16.0 Å². The number of halogens is 3. The Morgan fingerprint density at radius 2 is 1.00 bits per heavy atom. The molecule has 3 aliphatic rings. The number of ether oxygens (including phenoxy) is 3. The van der Waals surface area contributed by atoms with Crippen LogP contribution in [0.5, 0.6) is 0 Å². The molecule has 0 amide bonds. The van der Waals surface area contributed by atoms with E-state index in [0.717, 1.165) is 69.0 Å². The van der Waals surface area contributed by atoms with Crippen LogP contribution in [0.2, 0.25) is 10.3 Å². The van der Waals surface area contributed by atoms with Gasteiger partial charge in [-0.05, 0) is 95.3 Å². The molecule has 3 saturated heterocycles. The molecule has 0 saturated carbocycles. The van der Waals surface area contributed by atoms with Crippen LogP contribution in [0.3, 0.4) is 0 Å². The number of pyridine rings is 4. The van der Waals surface area contributed by atoms with Crippen molar-refractivity contribution in [3.63, 3.8) is 0 Å². The molecule has 90 heavy (non-hydrogen) atoms. The fourth-order valence-corrected chi connectivity index (χ4v) is 12.4. The van der Waals surface area contributed by atoms with Crippen molar-refractivity contribution in [2.75, 3.05) is 74.0 Å². The van der Waals surface area contributed by atoms with Gasteiger partial charge in [0.2, 0.25) is 5.95 Å². The van der Waals surface area contributed by atoms with Crippen LogP contribution in [-0.4, -0.2) is 150 Å². The Bertz CT molecular complexity index is 4390. The molecule has 470 valence electrons. The molecule has 0 bridgehead atoms. The molecule has 0 radical (unpaired) electrons. The fraction of sp³-hybridized carbons (Fsp3) is 0.297. The zero-order valence-corrected chi connectivity index (χ0v) is 54.2. The van der Waals surface area contributed by atoms with Gasteiger partial charge in [-0.25, -0.2) is 62.2 Å². The van der Waals surface area contributed by atoms with Crippen LogP contribution in [0.25, 0.3) is 78.5 Å². The Morgan fingerprint density at radius 1 is 0.544 bits per heavy atom. The summed E-state index contributed by atoms with van der Waals surface area (Å²) in [7, 11) is -3.81. The molecular formula is C64H70Cl2FN16O5SW-. The second-order valence-electron chi connectivity index (χ2n) is 21.0. The van der Waals surface area contributed by atoms with E-state index in [1.165, 1.54) is 16.2 Å². The van der Waals surface area contributed by atoms with Crippen LogP contribution >= 0.6 is 23.2 Å². The Labute approximate surface area is 547 Å². The number of nitrogens with one attached hydrogen (secondary N) is 2. The van der Waals surface area contributed by atoms with Crippen LogP contribution in [0.4, 0.5) is 21.8 Å². The van der Waals surface area contributed by atoms with E-state index in [4.69, 9.17) is 57.3 Å². The quantitative estimate of drug-likeness (QED) is 0.0776. The Morgan fingerprint density at radius 3 is 1.48 bits per heavy atom. The molecule has 21 nitrogen and oxygen atoms in total. The summed E-state index contributed by atoms with van der Waals surface area (Å²) in [6.45, 7) is 16.1. The van der Waals surface area contributed by atoms with E-state index >= 15 is 0 Å². The first-order valence-corrected chi connectivity index (χ1v) is 30.1. The molecule has 2 N–H and O–H groups in total. The third-order valence-corrected chi connectivity index (χ3v) is 17.2. The van der Waals surface area contributed by atoms with Gasteiger partial charge < -0.3 is 46.3 Å². The van der Waals surface area contributed by atoms with E-state index in [0.29, 0.717) is 108 Å². The summed E-state index contributed by atoms with van der Waals surface area (Å²) in [5.41, 5.74) is 7.41. The number of aromatic nitrogens is 13. The molecule has 0 aliphatic carbocycles. The number of aromatic amines is 2. The monoisotopic (exact) mass is 1450 g/mol. The van der Waals surface area contributed by atoms with E-state index in [2.05, 4.69) is 75.3 Å². The average molecular weight is 1450 g/mol. The minimum Gasteiger partial charge on any atom is -0.377 e. The summed E-state index contributed by atoms with van der Waals surface area (Å²) < 4.78 is 57.9. The molecule has 0 unspecified atom stereocenters. The first-order valence-electron chi connectivity index (χ1n) is 28.0. The van der Waals surface area contributed by atoms with Gasteiger partial charge in [0.15, 0.2) is 23.1 Å². The van der Waals surface area contributed by atoms with Crippen molar-refractivity contribution in [2.45, 2.75) is 72.5 Å². The number of nitrogens with zero attached hydrogens (tertiary/aromatic N) is 14. The van der Waals surface area contributed by atoms with Gasteiger partial charge in [-0.2, -0.15) is 4.39 Å². The number of benzene rings is 1. The van der Waals surface area contributed by atoms with Gasteiger partial charge in [-0.15, -0.1) is 0 Å². The molecule has 11 aromatic rings. The third-order valence-electron chi connectivity index (χ3n) is 15.2. The Balaban J connectivity index is 0.000000173. The molecule has 26 heteroatoms. The second kappa shape index (κ2) is 29.4. The summed E-state index contributed by atoms with van der Waals surface area (Å²) in [5, 5.41) is 3.30. The van der Waals surface area contributed by atoms with Crippen molar-refractivity contribution in [2.24, 2.45) is 0 Å². The normalized spacial score (nSPS) is 16.6. The van der Waals surface area contributed by atoms with Crippen molar-refractivity contribution >= 4 is 83.8 Å². The Kier molecular flexibility index (Phi) is 22.2. The topological polar surface area (TPSA) is 237 Å². The smallest absolute Gasteiger partial charge is 0.269 e. The predicted octanol–water partition coefficient (Wildman–Crippen LogP) is 12.3. The van der Waals surface area contributed by atoms with Crippen LogP contribution in [0.15, 0.2) is 133 Å². The predicted molar refractivity (Wildman–Crippen MR) is 349 cm³/mol. The zero-order chi connectivity index (χ0) is 59.6. The molecule has 1 aromatic carbocycles. The van der Waals surface area contributed by atoms with E-state index in [-0.39, 0.29) is 66.4 Å². The maximum Gasteiger partial charge on any atom is 0.269 e. The molecular weight excluding hydrogens is 1380 g/mol. The fourth-order valence-electron chi connectivity index (χ4n) is 10.7. The first-order chi connectivity index (χ1) is 41.7. The first kappa shape index (κ1) is 68.0. The summed E-state index contributed by atoms with van der Waals surface area (Å²) in [6.07, 6.45) is 10.3. The van der Waals surface area contributed by atoms with Crippen LogP contribution < -0.4 is 14.7 Å². The number of anilines is 3. The molecule has 13 heterocycles. The van der Waals surface area contributed by atoms with Gasteiger partial charge >= 0.3 is 0 Å². The number of H-pyrrole nitrogens is 2. The van der Waals surface area contributed by atoms with E-state index in [9.17, 15) is 12.8 Å². The van der Waals surface area contributed by atoms with Gasteiger partial charge in [0.25, 0.3) is 10.0 Å². The number of fused-ring (bicyclic) bond motifs is 3. The van der Waals surface area contributed by atoms with Crippen molar-refractivity contribution < 1.29 is 48.1 Å². The molecule has 3 fully saturated rings. The van der Waals surface area contributed by atoms with Gasteiger partial charge in [0.1, 0.15) is 39.1 Å². The molecule has 10 aromatic heterocycles. The number of aryl methyl sites for hydroxylation is 2. The second-order valence-corrected chi connectivity index (χ2v) is 23.6. The number of rotatable bonds is 9. The zero-order valence-electron chi connectivity index (χ0n) is 49.0. The minimum absolute atomic E-state index is 0. The minimum atomic E-state index is -3.81. The average Bonchev–Trinajstić information content (AvgIpc) is 1.91. The van der Waals surface area contributed by atoms with Crippen molar-refractivity contribution in [3.8, 4) is 45.4 Å². The van der Waals surface area contributed by atoms with E-state index in [1.54, 1.807) is 74.0 Å². The number of hydrogen-bond donors (Lipinski definition) is 2. The maximum absolute atomic E-state index is 13.6. The van der Waals surface area contributed by atoms with Gasteiger partial charge in [-0.1, -0.05) is 55.8 Å². The van der Waals surface area contributed by atoms with E-state index in [1.807, 2.05) is 55.7 Å². The van der Waals surface area contributed by atoms with Crippen LogP contribution in [0.1, 0.15) is 46.9 Å². The third kappa shape index (κ3) is 14.3. The number of morpholine rings is 3. The van der Waals surface area contributed by atoms with Gasteiger partial charge in [-0.3, -0.25) is 0 Å². The van der Waals surface area contributed by atoms with Crippen molar-refractivity contribution in [1.29, 1.82) is 0 Å². The molecule has 3 atom stereocenters. The van der Waals surface area contributed by atoms with Crippen LogP contribution in [-0.2, 0) is 45.3 Å². The van der Waals surface area contributed by atoms with Crippen LogP contribution in [0, 0.1) is 27.2 Å². The number of hydrogen-bond acceptors (Lipinski definition) is 18. The summed E-state index contributed by atoms with van der Waals surface area (Å²) in [5.74, 6) is 3.46. The largest absolute Gasteiger partial charge is 0.377 e. The van der Waals surface area contributed by atoms with Gasteiger partial charge in [0.05, 0.1) is 68.4 Å². The molecule has 14 rings (SSSR count). The summed E-state index contributed by atoms with van der Waals surface area (Å²) in [4.78, 5) is 58.1. The molecule has 3 aliphatic heterocycles. The summed E-state index contributed by atoms with van der Waals surface area (Å²) >= 11 is 12.6. The van der Waals surface area contributed by atoms with Gasteiger partial charge in [0, 0.05) is 140 Å². The Hall–Kier alpha value is -7.89. The van der Waals surface area contributed by atoms with Crippen molar-refractivity contribution in [3.05, 3.63) is 163 Å². The summed E-state index contributed by atoms with van der Waals surface area (Å²) in [6, 6.07) is 27.1. The standard InChI is InChI=1S/C23H22ClN5O3S.C22H21FN6O.C16H16ClN5O.2CH4.CH3.W/c1-15-3-5-17(6-4-15)33(30,31)29-10-8-19-18(7-9-25-23(19)29)22-26-20(24)13-21(27-22)28-11-12-32-14-16(28)2;1-13-12-30-10-9-29(13)20-11-18(15-3-4-19(23)26-14(15)2)27-22(28-20)17-6-8-25-21-16(17)5-7-24-21;1-10-9-23-7-6-22(10)14-8-13(17)20-16(21-14)12-3-5-19-15-11(12)2-4-18-15;;;;/h3-10,13,16H,11-12,14H2,1-2H3;3-8,11,13H,9-10,12H2,1-2H3,(H,24,25);2-5,8,10H,6-7,9H2,1H3,(H,18,19);2*1H4;1H3;/q;;;;;-1;/t16-;13-;10-;;;;/m111..../s1.